The molecule has 1 aromatic carbocycles. The number of rotatable bonds is 5. The molecular weight excluding hydrogens is 342 g/mol. The van der Waals surface area contributed by atoms with Gasteiger partial charge in [0.2, 0.25) is 17.7 Å². The van der Waals surface area contributed by atoms with Crippen molar-refractivity contribution in [1.82, 2.24) is 14.9 Å². The maximum Gasteiger partial charge on any atom is 0.235 e. The number of carbonyl (C=O) groups is 1. The molecular formula is C18H20ClN3O3. The molecule has 132 valence electrons. The first-order valence-corrected chi connectivity index (χ1v) is 8.57. The number of benzene rings is 1. The predicted molar refractivity (Wildman–Crippen MR) is 94.0 cm³/mol. The fourth-order valence-corrected chi connectivity index (χ4v) is 3.04. The van der Waals surface area contributed by atoms with Crippen molar-refractivity contribution in [2.75, 3.05) is 20.2 Å². The Kier molecular flexibility index (Phi) is 5.71. The maximum absolute atomic E-state index is 12.6. The minimum Gasteiger partial charge on any atom is -0.480 e. The number of hydrogen-bond donors (Lipinski definition) is 0. The number of ether oxygens (including phenoxy) is 2. The van der Waals surface area contributed by atoms with Gasteiger partial charge in [0.25, 0.3) is 0 Å². The lowest BCUT2D eigenvalue weighted by Gasteiger charge is -2.32. The molecule has 25 heavy (non-hydrogen) atoms. The first-order valence-electron chi connectivity index (χ1n) is 8.19. The van der Waals surface area contributed by atoms with Crippen molar-refractivity contribution in [2.24, 2.45) is 0 Å². The summed E-state index contributed by atoms with van der Waals surface area (Å²) in [4.78, 5) is 22.6. The third kappa shape index (κ3) is 4.60. The second-order valence-corrected chi connectivity index (χ2v) is 6.30. The monoisotopic (exact) mass is 361 g/mol. The van der Waals surface area contributed by atoms with Crippen LogP contribution in [-0.4, -0.2) is 47.1 Å². The van der Waals surface area contributed by atoms with Gasteiger partial charge >= 0.3 is 0 Å². The molecule has 1 aliphatic rings. The van der Waals surface area contributed by atoms with Crippen molar-refractivity contribution in [2.45, 2.75) is 25.4 Å². The number of halogens is 1. The Morgan fingerprint density at radius 1 is 1.32 bits per heavy atom. The summed E-state index contributed by atoms with van der Waals surface area (Å²) in [5.74, 6) is 0.864. The number of hydrogen-bond acceptors (Lipinski definition) is 5. The van der Waals surface area contributed by atoms with Crippen LogP contribution in [0.3, 0.4) is 0 Å². The molecule has 1 unspecified atom stereocenters. The number of piperidine rings is 1. The normalized spacial score (nSPS) is 17.2. The summed E-state index contributed by atoms with van der Waals surface area (Å²) in [7, 11) is 1.53. The van der Waals surface area contributed by atoms with Gasteiger partial charge < -0.3 is 14.4 Å². The molecule has 0 aliphatic carbocycles. The topological polar surface area (TPSA) is 64.6 Å². The minimum atomic E-state index is -0.106. The van der Waals surface area contributed by atoms with Gasteiger partial charge in [0, 0.05) is 11.6 Å². The van der Waals surface area contributed by atoms with Gasteiger partial charge in [-0.3, -0.25) is 9.78 Å². The largest absolute Gasteiger partial charge is 0.480 e. The average Bonchev–Trinajstić information content (AvgIpc) is 2.64. The molecule has 0 radical (unpaired) electrons. The first kappa shape index (κ1) is 17.5. The van der Waals surface area contributed by atoms with Crippen molar-refractivity contribution >= 4 is 17.5 Å². The Morgan fingerprint density at radius 2 is 2.12 bits per heavy atom. The second kappa shape index (κ2) is 8.16. The summed E-state index contributed by atoms with van der Waals surface area (Å²) in [5.41, 5.74) is 0.843. The Bertz CT molecular complexity index is 741. The van der Waals surface area contributed by atoms with E-state index in [1.807, 2.05) is 23.1 Å². The molecule has 1 fully saturated rings. The van der Waals surface area contributed by atoms with Crippen LogP contribution < -0.4 is 9.47 Å². The quantitative estimate of drug-likeness (QED) is 0.819. The first-order chi connectivity index (χ1) is 12.2. The lowest BCUT2D eigenvalue weighted by molar-refractivity contribution is -0.133. The van der Waals surface area contributed by atoms with Crippen molar-refractivity contribution in [3.8, 4) is 11.8 Å². The van der Waals surface area contributed by atoms with E-state index in [2.05, 4.69) is 9.97 Å². The van der Waals surface area contributed by atoms with Gasteiger partial charge in [-0.2, -0.15) is 4.98 Å². The van der Waals surface area contributed by atoms with E-state index < -0.39 is 0 Å². The number of amides is 1. The zero-order valence-electron chi connectivity index (χ0n) is 14.0. The molecule has 0 N–H and O–H groups in total. The number of nitrogens with zero attached hydrogens (tertiary/aromatic N) is 3. The van der Waals surface area contributed by atoms with Gasteiger partial charge in [0.05, 0.1) is 32.5 Å². The Labute approximate surface area is 151 Å². The molecule has 1 aromatic heterocycles. The van der Waals surface area contributed by atoms with Crippen LogP contribution in [0.2, 0.25) is 5.02 Å². The van der Waals surface area contributed by atoms with Crippen LogP contribution >= 0.6 is 11.6 Å². The molecule has 0 saturated carbocycles. The van der Waals surface area contributed by atoms with Crippen LogP contribution in [0.25, 0.3) is 0 Å². The standard InChI is InChI=1S/C18H20ClN3O3/c1-24-16-10-20-11-17(21-16)25-14-6-4-8-22(12-14)18(23)9-13-5-2-3-7-15(13)19/h2-3,5,7,10-11,14H,4,6,8-9,12H2,1H3. The SMILES string of the molecule is COc1cncc(OC2CCCN(C(=O)Cc3ccccc3Cl)C2)n1. The molecule has 6 nitrogen and oxygen atoms in total. The number of aromatic nitrogens is 2. The van der Waals surface area contributed by atoms with Crippen LogP contribution in [0.15, 0.2) is 36.7 Å². The molecule has 1 saturated heterocycles. The molecule has 1 amide bonds. The molecule has 0 bridgehead atoms. The van der Waals surface area contributed by atoms with E-state index in [4.69, 9.17) is 21.1 Å². The smallest absolute Gasteiger partial charge is 0.235 e. The lowest BCUT2D eigenvalue weighted by Crippen LogP contribution is -2.45. The average molecular weight is 362 g/mol. The molecule has 7 heteroatoms. The Balaban J connectivity index is 1.60. The zero-order valence-corrected chi connectivity index (χ0v) is 14.8. The summed E-state index contributed by atoms with van der Waals surface area (Å²) < 4.78 is 10.9. The fraction of sp³-hybridized carbons (Fsp3) is 0.389. The summed E-state index contributed by atoms with van der Waals surface area (Å²) in [6.45, 7) is 1.26. The highest BCUT2D eigenvalue weighted by atomic mass is 35.5. The van der Waals surface area contributed by atoms with Gasteiger partial charge in [-0.05, 0) is 24.5 Å². The van der Waals surface area contributed by atoms with Gasteiger partial charge in [0.15, 0.2) is 0 Å². The van der Waals surface area contributed by atoms with Gasteiger partial charge in [0.1, 0.15) is 6.10 Å². The van der Waals surface area contributed by atoms with Gasteiger partial charge in [-0.25, -0.2) is 0 Å². The van der Waals surface area contributed by atoms with E-state index in [0.717, 1.165) is 24.9 Å². The molecule has 1 aliphatic heterocycles. The van der Waals surface area contributed by atoms with Crippen molar-refractivity contribution in [3.63, 3.8) is 0 Å². The van der Waals surface area contributed by atoms with E-state index >= 15 is 0 Å². The Morgan fingerprint density at radius 3 is 2.92 bits per heavy atom. The van der Waals surface area contributed by atoms with Crippen molar-refractivity contribution < 1.29 is 14.3 Å². The van der Waals surface area contributed by atoms with Crippen LogP contribution in [0.1, 0.15) is 18.4 Å². The molecule has 3 rings (SSSR count). The molecule has 1 atom stereocenters. The predicted octanol–water partition coefficient (Wildman–Crippen LogP) is 2.75. The number of methoxy groups -OCH3 is 1. The number of likely N-dealkylation sites (tertiary alicyclic amines) is 1. The highest BCUT2D eigenvalue weighted by Crippen LogP contribution is 2.20. The van der Waals surface area contributed by atoms with Crippen LogP contribution in [0.5, 0.6) is 11.8 Å². The highest BCUT2D eigenvalue weighted by molar-refractivity contribution is 6.31. The minimum absolute atomic E-state index is 0.0538. The van der Waals surface area contributed by atoms with E-state index in [-0.39, 0.29) is 12.0 Å². The van der Waals surface area contributed by atoms with Crippen LogP contribution in [-0.2, 0) is 11.2 Å². The third-order valence-electron chi connectivity index (χ3n) is 4.12. The summed E-state index contributed by atoms with van der Waals surface area (Å²) in [5, 5.41) is 0.618. The van der Waals surface area contributed by atoms with Crippen molar-refractivity contribution in [1.29, 1.82) is 0 Å². The lowest BCUT2D eigenvalue weighted by atomic mass is 10.1. The Hall–Kier alpha value is -2.34. The molecule has 0 spiro atoms. The summed E-state index contributed by atoms with van der Waals surface area (Å²) >= 11 is 6.15. The summed E-state index contributed by atoms with van der Waals surface area (Å²) in [6, 6.07) is 7.42. The van der Waals surface area contributed by atoms with E-state index in [1.54, 1.807) is 12.3 Å². The second-order valence-electron chi connectivity index (χ2n) is 5.89. The van der Waals surface area contributed by atoms with Gasteiger partial charge in [-0.1, -0.05) is 29.8 Å². The van der Waals surface area contributed by atoms with Crippen molar-refractivity contribution in [3.05, 3.63) is 47.2 Å². The number of carbonyl (C=O) groups excluding carboxylic acids is 1. The fourth-order valence-electron chi connectivity index (χ4n) is 2.83. The van der Waals surface area contributed by atoms with E-state index in [1.165, 1.54) is 13.3 Å². The van der Waals surface area contributed by atoms with E-state index in [0.29, 0.717) is 29.7 Å². The third-order valence-corrected chi connectivity index (χ3v) is 4.49. The zero-order chi connectivity index (χ0) is 17.6. The van der Waals surface area contributed by atoms with Crippen LogP contribution in [0.4, 0.5) is 0 Å². The van der Waals surface area contributed by atoms with E-state index in [9.17, 15) is 4.79 Å². The van der Waals surface area contributed by atoms with Gasteiger partial charge in [-0.15, -0.1) is 0 Å². The maximum atomic E-state index is 12.6. The van der Waals surface area contributed by atoms with Crippen LogP contribution in [0, 0.1) is 0 Å². The molecule has 2 heterocycles. The molecule has 2 aromatic rings. The highest BCUT2D eigenvalue weighted by Gasteiger charge is 2.25. The summed E-state index contributed by atoms with van der Waals surface area (Å²) in [6.07, 6.45) is 5.02.